The highest BCUT2D eigenvalue weighted by Gasteiger charge is 2.32. The maximum absolute atomic E-state index is 9.21. The average molecular weight is 226 g/mol. The second kappa shape index (κ2) is 5.99. The molecule has 2 fully saturated rings. The topological polar surface area (TPSA) is 49.5 Å². The maximum Gasteiger partial charge on any atom is 0.0471 e. The van der Waals surface area contributed by atoms with Gasteiger partial charge in [-0.25, -0.2) is 0 Å². The van der Waals surface area contributed by atoms with Crippen LogP contribution in [0.25, 0.3) is 0 Å². The van der Waals surface area contributed by atoms with Crippen molar-refractivity contribution in [2.75, 3.05) is 26.2 Å². The van der Waals surface area contributed by atoms with Crippen molar-refractivity contribution >= 4 is 0 Å². The maximum atomic E-state index is 9.21. The lowest BCUT2D eigenvalue weighted by atomic mass is 9.93. The number of aliphatic hydroxyl groups excluding tert-OH is 1. The monoisotopic (exact) mass is 226 g/mol. The number of nitrogens with two attached hydrogens (primary N) is 1. The fraction of sp³-hybridized carbons (Fsp3) is 1.00. The van der Waals surface area contributed by atoms with E-state index < -0.39 is 0 Å². The Kier molecular flexibility index (Phi) is 4.62. The lowest BCUT2D eigenvalue weighted by molar-refractivity contribution is 0.150. The minimum Gasteiger partial charge on any atom is -0.396 e. The standard InChI is InChI=1S/C13H26N2O/c14-8-12-4-2-1-3-5-13(12)15-7-6-11(9-15)10-16/h11-13,16H,1-10,14H2. The van der Waals surface area contributed by atoms with E-state index in [-0.39, 0.29) is 0 Å². The van der Waals surface area contributed by atoms with Crippen molar-refractivity contribution in [2.24, 2.45) is 17.6 Å². The summed E-state index contributed by atoms with van der Waals surface area (Å²) in [5.74, 6) is 1.21. The van der Waals surface area contributed by atoms with Gasteiger partial charge < -0.3 is 10.8 Å². The van der Waals surface area contributed by atoms with Gasteiger partial charge in [0, 0.05) is 19.2 Å². The molecule has 3 heteroatoms. The van der Waals surface area contributed by atoms with Gasteiger partial charge in [0.05, 0.1) is 0 Å². The van der Waals surface area contributed by atoms with Gasteiger partial charge in [0.15, 0.2) is 0 Å². The molecule has 1 saturated carbocycles. The quantitative estimate of drug-likeness (QED) is 0.711. The summed E-state index contributed by atoms with van der Waals surface area (Å²) in [7, 11) is 0. The largest absolute Gasteiger partial charge is 0.396 e. The molecule has 16 heavy (non-hydrogen) atoms. The van der Waals surface area contributed by atoms with Crippen molar-refractivity contribution in [1.82, 2.24) is 4.90 Å². The lowest BCUT2D eigenvalue weighted by Crippen LogP contribution is -2.41. The molecule has 1 saturated heterocycles. The molecule has 0 radical (unpaired) electrons. The summed E-state index contributed by atoms with van der Waals surface area (Å²) in [5, 5.41) is 9.21. The Hall–Kier alpha value is -0.120. The van der Waals surface area contributed by atoms with Gasteiger partial charge in [0.1, 0.15) is 0 Å². The van der Waals surface area contributed by atoms with E-state index in [4.69, 9.17) is 5.73 Å². The van der Waals surface area contributed by atoms with E-state index in [1.165, 1.54) is 45.1 Å². The smallest absolute Gasteiger partial charge is 0.0471 e. The molecule has 0 spiro atoms. The zero-order valence-corrected chi connectivity index (χ0v) is 10.3. The van der Waals surface area contributed by atoms with Crippen LogP contribution >= 0.6 is 0 Å². The molecule has 3 unspecified atom stereocenters. The Balaban J connectivity index is 1.94. The first-order valence-electron chi connectivity index (χ1n) is 6.90. The third-order valence-electron chi connectivity index (χ3n) is 4.47. The van der Waals surface area contributed by atoms with Crippen LogP contribution in [0, 0.1) is 11.8 Å². The van der Waals surface area contributed by atoms with E-state index in [2.05, 4.69) is 4.90 Å². The van der Waals surface area contributed by atoms with Crippen LogP contribution in [0.3, 0.4) is 0 Å². The van der Waals surface area contributed by atoms with E-state index >= 15 is 0 Å². The van der Waals surface area contributed by atoms with Gasteiger partial charge in [-0.3, -0.25) is 4.90 Å². The first-order valence-corrected chi connectivity index (χ1v) is 6.90. The molecular weight excluding hydrogens is 200 g/mol. The first-order chi connectivity index (χ1) is 7.85. The summed E-state index contributed by atoms with van der Waals surface area (Å²) in [5.41, 5.74) is 5.92. The highest BCUT2D eigenvalue weighted by molar-refractivity contribution is 4.87. The number of likely N-dealkylation sites (tertiary alicyclic amines) is 1. The summed E-state index contributed by atoms with van der Waals surface area (Å²) >= 11 is 0. The van der Waals surface area contributed by atoms with Gasteiger partial charge in [-0.15, -0.1) is 0 Å². The molecule has 0 aromatic carbocycles. The van der Waals surface area contributed by atoms with Gasteiger partial charge in [-0.1, -0.05) is 19.3 Å². The highest BCUT2D eigenvalue weighted by atomic mass is 16.3. The van der Waals surface area contributed by atoms with E-state index in [1.807, 2.05) is 0 Å². The SMILES string of the molecule is NCC1CCCCCC1N1CCC(CO)C1. The van der Waals surface area contributed by atoms with Gasteiger partial charge in [-0.05, 0) is 44.2 Å². The van der Waals surface area contributed by atoms with Crippen molar-refractivity contribution in [2.45, 2.75) is 44.6 Å². The van der Waals surface area contributed by atoms with Gasteiger partial charge in [0.2, 0.25) is 0 Å². The van der Waals surface area contributed by atoms with Crippen LogP contribution in [-0.2, 0) is 0 Å². The summed E-state index contributed by atoms with van der Waals surface area (Å²) < 4.78 is 0. The molecule has 2 rings (SSSR count). The molecular formula is C13H26N2O. The van der Waals surface area contributed by atoms with Crippen molar-refractivity contribution in [3.05, 3.63) is 0 Å². The highest BCUT2D eigenvalue weighted by Crippen LogP contribution is 2.30. The molecule has 1 heterocycles. The Bertz CT molecular complexity index is 210. The number of aliphatic hydroxyl groups is 1. The van der Waals surface area contributed by atoms with Crippen LogP contribution in [0.15, 0.2) is 0 Å². The fourth-order valence-corrected chi connectivity index (χ4v) is 3.43. The van der Waals surface area contributed by atoms with Crippen molar-refractivity contribution in [3.8, 4) is 0 Å². The molecule has 3 nitrogen and oxygen atoms in total. The van der Waals surface area contributed by atoms with Crippen LogP contribution in [-0.4, -0.2) is 42.3 Å². The lowest BCUT2D eigenvalue weighted by Gasteiger charge is -2.33. The van der Waals surface area contributed by atoms with Crippen molar-refractivity contribution in [1.29, 1.82) is 0 Å². The minimum absolute atomic E-state index is 0.358. The second-order valence-electron chi connectivity index (χ2n) is 5.53. The van der Waals surface area contributed by atoms with Crippen LogP contribution in [0.1, 0.15) is 38.5 Å². The average Bonchev–Trinajstić information content (AvgIpc) is 2.66. The molecule has 1 aliphatic carbocycles. The number of hydrogen-bond donors (Lipinski definition) is 2. The number of nitrogens with zero attached hydrogens (tertiary/aromatic N) is 1. The normalized spacial score (nSPS) is 37.5. The summed E-state index contributed by atoms with van der Waals surface area (Å²) in [6.45, 7) is 3.46. The van der Waals surface area contributed by atoms with E-state index in [0.29, 0.717) is 24.5 Å². The van der Waals surface area contributed by atoms with Gasteiger partial charge >= 0.3 is 0 Å². The molecule has 3 atom stereocenters. The molecule has 0 amide bonds. The molecule has 0 aromatic heterocycles. The van der Waals surface area contributed by atoms with Crippen molar-refractivity contribution < 1.29 is 5.11 Å². The van der Waals surface area contributed by atoms with Gasteiger partial charge in [-0.2, -0.15) is 0 Å². The van der Waals surface area contributed by atoms with Crippen LogP contribution in [0.2, 0.25) is 0 Å². The molecule has 0 aromatic rings. The predicted molar refractivity (Wildman–Crippen MR) is 66.2 cm³/mol. The molecule has 0 bridgehead atoms. The number of rotatable bonds is 3. The minimum atomic E-state index is 0.358. The Morgan fingerprint density at radius 3 is 2.62 bits per heavy atom. The van der Waals surface area contributed by atoms with Crippen LogP contribution in [0.4, 0.5) is 0 Å². The number of hydrogen-bond acceptors (Lipinski definition) is 3. The third kappa shape index (κ3) is 2.76. The summed E-state index contributed by atoms with van der Waals surface area (Å²) in [6.07, 6.45) is 7.90. The van der Waals surface area contributed by atoms with Crippen LogP contribution < -0.4 is 5.73 Å². The first kappa shape index (κ1) is 12.3. The Morgan fingerprint density at radius 2 is 1.94 bits per heavy atom. The fourth-order valence-electron chi connectivity index (χ4n) is 3.43. The van der Waals surface area contributed by atoms with E-state index in [0.717, 1.165) is 13.1 Å². The van der Waals surface area contributed by atoms with Crippen LogP contribution in [0.5, 0.6) is 0 Å². The third-order valence-corrected chi connectivity index (χ3v) is 4.47. The molecule has 2 aliphatic rings. The van der Waals surface area contributed by atoms with E-state index in [1.54, 1.807) is 0 Å². The zero-order valence-electron chi connectivity index (χ0n) is 10.3. The zero-order chi connectivity index (χ0) is 11.4. The molecule has 1 aliphatic heterocycles. The summed E-state index contributed by atoms with van der Waals surface area (Å²) in [6, 6.07) is 0.698. The molecule has 94 valence electrons. The van der Waals surface area contributed by atoms with Gasteiger partial charge in [0.25, 0.3) is 0 Å². The van der Waals surface area contributed by atoms with E-state index in [9.17, 15) is 5.11 Å². The molecule has 3 N–H and O–H groups in total. The predicted octanol–water partition coefficient (Wildman–Crippen LogP) is 1.21. The second-order valence-corrected chi connectivity index (χ2v) is 5.53. The Labute approximate surface area is 99.0 Å². The Morgan fingerprint density at radius 1 is 1.12 bits per heavy atom. The van der Waals surface area contributed by atoms with Crippen molar-refractivity contribution in [3.63, 3.8) is 0 Å². The summed E-state index contributed by atoms with van der Waals surface area (Å²) in [4.78, 5) is 2.60.